The van der Waals surface area contributed by atoms with Gasteiger partial charge in [0.25, 0.3) is 0 Å². The summed E-state index contributed by atoms with van der Waals surface area (Å²) in [6, 6.07) is 18.1. The van der Waals surface area contributed by atoms with Gasteiger partial charge in [0.2, 0.25) is 5.91 Å². The maximum Gasteiger partial charge on any atom is 0.307 e. The van der Waals surface area contributed by atoms with Gasteiger partial charge in [0.15, 0.2) is 0 Å². The maximum absolute atomic E-state index is 12.2. The Morgan fingerprint density at radius 3 is 2.36 bits per heavy atom. The molecule has 2 rings (SSSR count). The van der Waals surface area contributed by atoms with Gasteiger partial charge in [0.1, 0.15) is 0 Å². The highest BCUT2D eigenvalue weighted by Gasteiger charge is 2.12. The third-order valence-corrected chi connectivity index (χ3v) is 3.83. The summed E-state index contributed by atoms with van der Waals surface area (Å²) >= 11 is 0. The number of aryl methyl sites for hydroxylation is 1. The predicted octanol–water partition coefficient (Wildman–Crippen LogP) is 2.68. The van der Waals surface area contributed by atoms with Crippen molar-refractivity contribution in [3.8, 4) is 0 Å². The molecule has 5 heteroatoms. The van der Waals surface area contributed by atoms with E-state index in [2.05, 4.69) is 10.1 Å². The summed E-state index contributed by atoms with van der Waals surface area (Å²) in [5.74, 6) is -0.458. The van der Waals surface area contributed by atoms with Gasteiger partial charge in [-0.15, -0.1) is 0 Å². The van der Waals surface area contributed by atoms with Crippen LogP contribution in [0.1, 0.15) is 17.5 Å². The number of hydrogen-bond acceptors (Lipinski definition) is 4. The van der Waals surface area contributed by atoms with E-state index in [1.807, 2.05) is 66.4 Å². The first-order valence-corrected chi connectivity index (χ1v) is 8.27. The molecule has 0 aliphatic carbocycles. The summed E-state index contributed by atoms with van der Waals surface area (Å²) in [5.41, 5.74) is 3.29. The number of amides is 1. The number of rotatable bonds is 8. The number of hydrogen-bond donors (Lipinski definition) is 1. The van der Waals surface area contributed by atoms with E-state index in [1.165, 1.54) is 12.7 Å². The molecule has 0 aliphatic rings. The lowest BCUT2D eigenvalue weighted by Crippen LogP contribution is -2.37. The smallest absolute Gasteiger partial charge is 0.307 e. The summed E-state index contributed by atoms with van der Waals surface area (Å²) < 4.78 is 4.57. The van der Waals surface area contributed by atoms with Gasteiger partial charge in [-0.3, -0.25) is 9.59 Å². The second-order valence-electron chi connectivity index (χ2n) is 5.85. The molecule has 5 nitrogen and oxygen atoms in total. The van der Waals surface area contributed by atoms with Crippen LogP contribution in [0.2, 0.25) is 0 Å². The highest BCUT2D eigenvalue weighted by atomic mass is 16.5. The Morgan fingerprint density at radius 1 is 1.04 bits per heavy atom. The van der Waals surface area contributed by atoms with Crippen molar-refractivity contribution in [1.29, 1.82) is 0 Å². The molecule has 0 atom stereocenters. The van der Waals surface area contributed by atoms with Crippen LogP contribution in [0.25, 0.3) is 0 Å². The monoisotopic (exact) mass is 340 g/mol. The average Bonchev–Trinajstić information content (AvgIpc) is 2.62. The van der Waals surface area contributed by atoms with E-state index >= 15 is 0 Å². The number of methoxy groups -OCH3 is 1. The first kappa shape index (κ1) is 18.5. The molecule has 0 aromatic heterocycles. The second kappa shape index (κ2) is 9.47. The quantitative estimate of drug-likeness (QED) is 0.751. The van der Waals surface area contributed by atoms with Crippen LogP contribution in [0.4, 0.5) is 5.69 Å². The molecule has 0 spiro atoms. The molecule has 25 heavy (non-hydrogen) atoms. The van der Waals surface area contributed by atoms with Crippen LogP contribution in [0.3, 0.4) is 0 Å². The first-order valence-electron chi connectivity index (χ1n) is 8.27. The van der Waals surface area contributed by atoms with Gasteiger partial charge in [-0.1, -0.05) is 48.0 Å². The van der Waals surface area contributed by atoms with Gasteiger partial charge < -0.3 is 15.0 Å². The number of nitrogens with one attached hydrogen (secondary N) is 1. The molecule has 1 N–H and O–H groups in total. The molecule has 0 heterocycles. The van der Waals surface area contributed by atoms with E-state index in [1.54, 1.807) is 0 Å². The zero-order chi connectivity index (χ0) is 18.1. The summed E-state index contributed by atoms with van der Waals surface area (Å²) in [5, 5.41) is 2.76. The second-order valence-corrected chi connectivity index (χ2v) is 5.85. The van der Waals surface area contributed by atoms with Crippen LogP contribution < -0.4 is 10.2 Å². The number of esters is 1. The van der Waals surface area contributed by atoms with Crippen LogP contribution in [-0.2, 0) is 20.9 Å². The lowest BCUT2D eigenvalue weighted by Gasteiger charge is -2.24. The van der Waals surface area contributed by atoms with Crippen LogP contribution in [-0.4, -0.2) is 32.1 Å². The zero-order valence-corrected chi connectivity index (χ0v) is 14.7. The minimum Gasteiger partial charge on any atom is -0.469 e. The Labute approximate surface area is 148 Å². The fourth-order valence-electron chi connectivity index (χ4n) is 2.43. The van der Waals surface area contributed by atoms with Crippen LogP contribution in [0.15, 0.2) is 54.6 Å². The minimum absolute atomic E-state index is 0.125. The lowest BCUT2D eigenvalue weighted by molar-refractivity contribution is -0.140. The number of carbonyl (C=O) groups excluding carboxylic acids is 2. The highest BCUT2D eigenvalue weighted by Crippen LogP contribution is 2.17. The Balaban J connectivity index is 2.02. The van der Waals surface area contributed by atoms with Crippen molar-refractivity contribution in [1.82, 2.24) is 5.32 Å². The van der Waals surface area contributed by atoms with Gasteiger partial charge in [-0.2, -0.15) is 0 Å². The van der Waals surface area contributed by atoms with E-state index in [0.717, 1.165) is 11.3 Å². The molecule has 0 radical (unpaired) electrons. The molecule has 0 saturated carbocycles. The summed E-state index contributed by atoms with van der Waals surface area (Å²) in [4.78, 5) is 25.4. The van der Waals surface area contributed by atoms with Gasteiger partial charge in [-0.25, -0.2) is 0 Å². The van der Waals surface area contributed by atoms with E-state index < -0.39 is 0 Å². The fourth-order valence-corrected chi connectivity index (χ4v) is 2.43. The highest BCUT2D eigenvalue weighted by molar-refractivity contribution is 5.82. The molecule has 0 bridgehead atoms. The molecule has 2 aromatic carbocycles. The average molecular weight is 340 g/mol. The SMILES string of the molecule is COC(=O)CCNC(=O)CN(Cc1ccccc1)c1ccc(C)cc1. The Hall–Kier alpha value is -2.82. The van der Waals surface area contributed by atoms with Crippen molar-refractivity contribution in [3.63, 3.8) is 0 Å². The fraction of sp³-hybridized carbons (Fsp3) is 0.300. The first-order chi connectivity index (χ1) is 12.1. The number of benzene rings is 2. The third-order valence-electron chi connectivity index (χ3n) is 3.83. The van der Waals surface area contributed by atoms with Gasteiger partial charge in [-0.05, 0) is 24.6 Å². The van der Waals surface area contributed by atoms with Gasteiger partial charge in [0.05, 0.1) is 20.1 Å². The number of carbonyl (C=O) groups is 2. The summed E-state index contributed by atoms with van der Waals surface area (Å²) in [7, 11) is 1.34. The lowest BCUT2D eigenvalue weighted by atomic mass is 10.1. The predicted molar refractivity (Wildman–Crippen MR) is 98.3 cm³/mol. The Bertz CT molecular complexity index is 684. The van der Waals surface area contributed by atoms with Gasteiger partial charge in [0, 0.05) is 18.8 Å². The van der Waals surface area contributed by atoms with Crippen molar-refractivity contribution < 1.29 is 14.3 Å². The van der Waals surface area contributed by atoms with Crippen LogP contribution in [0.5, 0.6) is 0 Å². The number of nitrogens with zero attached hydrogens (tertiary/aromatic N) is 1. The largest absolute Gasteiger partial charge is 0.469 e. The third kappa shape index (κ3) is 6.30. The van der Waals surface area contributed by atoms with E-state index in [4.69, 9.17) is 0 Å². The van der Waals surface area contributed by atoms with Crippen molar-refractivity contribution >= 4 is 17.6 Å². The molecule has 0 unspecified atom stereocenters. The van der Waals surface area contributed by atoms with Crippen LogP contribution in [0, 0.1) is 6.92 Å². The molecule has 2 aromatic rings. The molecular weight excluding hydrogens is 316 g/mol. The van der Waals surface area contributed by atoms with Crippen molar-refractivity contribution in [2.24, 2.45) is 0 Å². The molecule has 132 valence electrons. The van der Waals surface area contributed by atoms with E-state index in [0.29, 0.717) is 6.54 Å². The van der Waals surface area contributed by atoms with Crippen molar-refractivity contribution in [2.75, 3.05) is 25.1 Å². The van der Waals surface area contributed by atoms with E-state index in [9.17, 15) is 9.59 Å². The standard InChI is InChI=1S/C20H24N2O3/c1-16-8-10-18(11-9-16)22(14-17-6-4-3-5-7-17)15-19(23)21-13-12-20(24)25-2/h3-11H,12-15H2,1-2H3,(H,21,23). The minimum atomic E-state index is -0.333. The Kier molecular flexibility index (Phi) is 7.01. The van der Waals surface area contributed by atoms with E-state index in [-0.39, 0.29) is 31.4 Å². The number of ether oxygens (including phenoxy) is 1. The zero-order valence-electron chi connectivity index (χ0n) is 14.7. The summed E-state index contributed by atoms with van der Waals surface area (Å²) in [6.07, 6.45) is 0.172. The molecule has 1 amide bonds. The normalized spacial score (nSPS) is 10.2. The molecule has 0 fully saturated rings. The van der Waals surface area contributed by atoms with Crippen molar-refractivity contribution in [3.05, 3.63) is 65.7 Å². The van der Waals surface area contributed by atoms with Crippen LogP contribution >= 0.6 is 0 Å². The molecule has 0 saturated heterocycles. The summed E-state index contributed by atoms with van der Waals surface area (Å²) in [6.45, 7) is 3.16. The maximum atomic E-state index is 12.2. The Morgan fingerprint density at radius 2 is 1.72 bits per heavy atom. The molecular formula is C20H24N2O3. The topological polar surface area (TPSA) is 58.6 Å². The van der Waals surface area contributed by atoms with Crippen molar-refractivity contribution in [2.45, 2.75) is 19.9 Å². The number of anilines is 1. The molecule has 0 aliphatic heterocycles. The van der Waals surface area contributed by atoms with Gasteiger partial charge >= 0.3 is 5.97 Å².